The number of nitrogens with zero attached hydrogens (tertiary/aromatic N) is 1. The molecule has 0 radical (unpaired) electrons. The van der Waals surface area contributed by atoms with Crippen molar-refractivity contribution in [2.75, 3.05) is 0 Å². The van der Waals surface area contributed by atoms with Gasteiger partial charge in [-0.2, -0.15) is 10.7 Å². The summed E-state index contributed by atoms with van der Waals surface area (Å²) in [7, 11) is 0. The lowest BCUT2D eigenvalue weighted by Crippen LogP contribution is -2.34. The van der Waals surface area contributed by atoms with E-state index in [4.69, 9.17) is 5.21 Å². The highest BCUT2D eigenvalue weighted by atomic mass is 16.5. The van der Waals surface area contributed by atoms with Gasteiger partial charge in [-0.05, 0) is 6.42 Å². The molecule has 0 aliphatic rings. The van der Waals surface area contributed by atoms with Crippen LogP contribution >= 0.6 is 0 Å². The van der Waals surface area contributed by atoms with Gasteiger partial charge in [-0.3, -0.25) is 10.0 Å². The Labute approximate surface area is 65.4 Å². The molecule has 1 amide bonds. The molecule has 1 atom stereocenters. The number of hydrogen-bond donors (Lipinski definition) is 3. The number of carbonyl (C=O) groups is 1. The van der Waals surface area contributed by atoms with E-state index < -0.39 is 0 Å². The molecule has 0 bridgehead atoms. The fourth-order valence-electron chi connectivity index (χ4n) is 0.629. The maximum atomic E-state index is 10.5. The number of hydrazone groups is 1. The highest BCUT2D eigenvalue weighted by molar-refractivity contribution is 5.78. The van der Waals surface area contributed by atoms with E-state index in [0.29, 0.717) is 0 Å². The van der Waals surface area contributed by atoms with Crippen LogP contribution in [0.4, 0.5) is 0 Å². The smallest absolute Gasteiger partial charge is 0.217 e. The molecule has 3 N–H and O–H groups in total. The molecule has 11 heavy (non-hydrogen) atoms. The van der Waals surface area contributed by atoms with E-state index in [1.807, 2.05) is 6.92 Å². The zero-order valence-electron chi connectivity index (χ0n) is 6.66. The molecule has 0 spiro atoms. The number of carbonyl (C=O) groups excluding carboxylic acids is 1. The van der Waals surface area contributed by atoms with Crippen LogP contribution in [0.1, 0.15) is 20.3 Å². The summed E-state index contributed by atoms with van der Waals surface area (Å²) in [6.07, 6.45) is 2.17. The second-order valence-electron chi connectivity index (χ2n) is 2.09. The van der Waals surface area contributed by atoms with Gasteiger partial charge in [0.25, 0.3) is 0 Å². The van der Waals surface area contributed by atoms with Gasteiger partial charge in [-0.25, -0.2) is 0 Å². The predicted molar refractivity (Wildman–Crippen MR) is 41.3 cm³/mol. The van der Waals surface area contributed by atoms with E-state index in [-0.39, 0.29) is 11.9 Å². The van der Waals surface area contributed by atoms with Gasteiger partial charge in [-0.15, -0.1) is 0 Å². The van der Waals surface area contributed by atoms with Gasteiger partial charge in [0.1, 0.15) is 0 Å². The molecule has 5 nitrogen and oxygen atoms in total. The Morgan fingerprint density at radius 2 is 2.45 bits per heavy atom. The van der Waals surface area contributed by atoms with E-state index >= 15 is 0 Å². The molecule has 0 aliphatic heterocycles. The average molecular weight is 159 g/mol. The topological polar surface area (TPSA) is 73.7 Å². The highest BCUT2D eigenvalue weighted by Crippen LogP contribution is 1.85. The molecular weight excluding hydrogens is 146 g/mol. The van der Waals surface area contributed by atoms with Crippen LogP contribution in [0, 0.1) is 0 Å². The van der Waals surface area contributed by atoms with Crippen molar-refractivity contribution >= 4 is 12.1 Å². The molecule has 0 aromatic carbocycles. The van der Waals surface area contributed by atoms with E-state index in [0.717, 1.165) is 6.42 Å². The highest BCUT2D eigenvalue weighted by Gasteiger charge is 2.02. The summed E-state index contributed by atoms with van der Waals surface area (Å²) >= 11 is 0. The van der Waals surface area contributed by atoms with Crippen molar-refractivity contribution in [1.29, 1.82) is 0 Å². The lowest BCUT2D eigenvalue weighted by atomic mass is 10.2. The molecule has 0 fully saturated rings. The normalized spacial score (nSPS) is 13.0. The largest absolute Gasteiger partial charge is 0.349 e. The molecule has 0 aliphatic carbocycles. The van der Waals surface area contributed by atoms with Crippen LogP contribution in [0.5, 0.6) is 0 Å². The molecule has 0 heterocycles. The first-order chi connectivity index (χ1) is 5.20. The van der Waals surface area contributed by atoms with Crippen molar-refractivity contribution in [3.63, 3.8) is 0 Å². The fourth-order valence-corrected chi connectivity index (χ4v) is 0.629. The minimum atomic E-state index is -0.118. The van der Waals surface area contributed by atoms with Gasteiger partial charge >= 0.3 is 0 Å². The Balaban J connectivity index is 3.75. The van der Waals surface area contributed by atoms with Gasteiger partial charge < -0.3 is 5.32 Å². The summed E-state index contributed by atoms with van der Waals surface area (Å²) in [4.78, 5) is 10.5. The molecular formula is C6H13N3O2. The maximum absolute atomic E-state index is 10.5. The molecule has 5 heteroatoms. The molecule has 0 aromatic rings. The summed E-state index contributed by atoms with van der Waals surface area (Å²) < 4.78 is 0. The van der Waals surface area contributed by atoms with E-state index in [9.17, 15) is 4.79 Å². The number of nitrogens with one attached hydrogen (secondary N) is 2. The van der Waals surface area contributed by atoms with E-state index in [1.165, 1.54) is 13.1 Å². The molecule has 1 unspecified atom stereocenters. The minimum Gasteiger partial charge on any atom is -0.349 e. The first kappa shape index (κ1) is 9.90. The van der Waals surface area contributed by atoms with Crippen molar-refractivity contribution < 1.29 is 10.0 Å². The van der Waals surface area contributed by atoms with Crippen LogP contribution in [0.25, 0.3) is 0 Å². The first-order valence-corrected chi connectivity index (χ1v) is 3.40. The number of rotatable bonds is 4. The van der Waals surface area contributed by atoms with Gasteiger partial charge in [0.05, 0.1) is 6.04 Å². The lowest BCUT2D eigenvalue weighted by molar-refractivity contribution is -0.119. The lowest BCUT2D eigenvalue weighted by Gasteiger charge is -2.08. The second kappa shape index (κ2) is 5.67. The Morgan fingerprint density at radius 3 is 2.82 bits per heavy atom. The van der Waals surface area contributed by atoms with Crippen LogP contribution in [-0.4, -0.2) is 23.4 Å². The van der Waals surface area contributed by atoms with Gasteiger partial charge in [0, 0.05) is 13.1 Å². The van der Waals surface area contributed by atoms with E-state index in [1.54, 1.807) is 5.59 Å². The summed E-state index contributed by atoms with van der Waals surface area (Å²) in [6.45, 7) is 3.34. The zero-order chi connectivity index (χ0) is 8.69. The Morgan fingerprint density at radius 1 is 1.82 bits per heavy atom. The van der Waals surface area contributed by atoms with Crippen LogP contribution in [0.2, 0.25) is 0 Å². The minimum absolute atomic E-state index is 0.110. The summed E-state index contributed by atoms with van der Waals surface area (Å²) in [6, 6.07) is -0.118. The van der Waals surface area contributed by atoms with Crippen LogP contribution in [-0.2, 0) is 4.79 Å². The van der Waals surface area contributed by atoms with Crippen molar-refractivity contribution in [3.8, 4) is 0 Å². The average Bonchev–Trinajstić information content (AvgIpc) is 1.97. The van der Waals surface area contributed by atoms with Crippen LogP contribution in [0.3, 0.4) is 0 Å². The second-order valence-corrected chi connectivity index (χ2v) is 2.09. The number of amides is 1. The monoisotopic (exact) mass is 159 g/mol. The molecule has 0 rings (SSSR count). The van der Waals surface area contributed by atoms with Crippen molar-refractivity contribution in [1.82, 2.24) is 10.9 Å². The third-order valence-electron chi connectivity index (χ3n) is 1.14. The van der Waals surface area contributed by atoms with Crippen molar-refractivity contribution in [3.05, 3.63) is 0 Å². The summed E-state index contributed by atoms with van der Waals surface area (Å²) in [5.41, 5.74) is 1.62. The van der Waals surface area contributed by atoms with Gasteiger partial charge in [0.2, 0.25) is 5.91 Å². The Bertz CT molecular complexity index is 147. The van der Waals surface area contributed by atoms with Crippen LogP contribution < -0.4 is 10.9 Å². The maximum Gasteiger partial charge on any atom is 0.217 e. The summed E-state index contributed by atoms with van der Waals surface area (Å²) in [5.74, 6) is -0.110. The standard InChI is InChI=1S/C6H13N3O2/c1-3-6(4-7-9-11)8-5(2)10/h4,6,9,11H,3H2,1-2H3,(H,8,10). The van der Waals surface area contributed by atoms with E-state index in [2.05, 4.69) is 10.4 Å². The fraction of sp³-hybridized carbons (Fsp3) is 0.667. The molecule has 64 valence electrons. The Kier molecular flexibility index (Phi) is 5.10. The van der Waals surface area contributed by atoms with Crippen LogP contribution in [0.15, 0.2) is 5.10 Å². The van der Waals surface area contributed by atoms with Gasteiger partial charge in [-0.1, -0.05) is 6.92 Å². The Hall–Kier alpha value is -1.10. The van der Waals surface area contributed by atoms with Crippen molar-refractivity contribution in [2.45, 2.75) is 26.3 Å². The molecule has 0 aromatic heterocycles. The third-order valence-corrected chi connectivity index (χ3v) is 1.14. The van der Waals surface area contributed by atoms with Crippen molar-refractivity contribution in [2.24, 2.45) is 5.10 Å². The SMILES string of the molecule is CCC(C=NNO)NC(C)=O. The third kappa shape index (κ3) is 5.35. The van der Waals surface area contributed by atoms with Gasteiger partial charge in [0.15, 0.2) is 0 Å². The number of hydrogen-bond acceptors (Lipinski definition) is 4. The summed E-state index contributed by atoms with van der Waals surface area (Å²) in [5, 5.41) is 14.1. The zero-order valence-corrected chi connectivity index (χ0v) is 6.66. The first-order valence-electron chi connectivity index (χ1n) is 3.40. The molecule has 0 saturated heterocycles. The quantitative estimate of drug-likeness (QED) is 0.395. The predicted octanol–water partition coefficient (Wildman–Crippen LogP) is -0.134. The molecule has 0 saturated carbocycles.